The van der Waals surface area contributed by atoms with Gasteiger partial charge in [0, 0.05) is 10.0 Å². The number of alkyl halides is 3. The summed E-state index contributed by atoms with van der Waals surface area (Å²) in [5.74, 6) is -0.538. The number of nitrogens with zero attached hydrogens (tertiary/aromatic N) is 2. The Hall–Kier alpha value is -1.60. The van der Waals surface area contributed by atoms with Gasteiger partial charge in [-0.05, 0) is 29.8 Å². The zero-order valence-corrected chi connectivity index (χ0v) is 16.2. The molecule has 0 saturated heterocycles. The quantitative estimate of drug-likeness (QED) is 0.420. The largest absolute Gasteiger partial charge is 0.472 e. The number of rotatable bonds is 4. The van der Waals surface area contributed by atoms with Gasteiger partial charge in [-0.15, -0.1) is 0 Å². The van der Waals surface area contributed by atoms with Crippen molar-refractivity contribution in [2.24, 2.45) is 0 Å². The average molecular weight is 456 g/mol. The van der Waals surface area contributed by atoms with Gasteiger partial charge < -0.3 is 4.74 Å². The zero-order valence-electron chi connectivity index (χ0n) is 13.2. The molecule has 0 bridgehead atoms. The van der Waals surface area contributed by atoms with Crippen molar-refractivity contribution in [2.45, 2.75) is 12.8 Å². The minimum Gasteiger partial charge on any atom is -0.472 e. The average Bonchev–Trinajstić information content (AvgIpc) is 2.97. The van der Waals surface area contributed by atoms with Crippen LogP contribution < -0.4 is 4.74 Å². The number of aromatic nitrogens is 2. The second kappa shape index (κ2) is 7.80. The van der Waals surface area contributed by atoms with Crippen LogP contribution in [0.3, 0.4) is 0 Å². The lowest BCUT2D eigenvalue weighted by atomic mass is 10.2. The Bertz CT molecular complexity index is 948. The van der Waals surface area contributed by atoms with Gasteiger partial charge in [-0.25, -0.2) is 0 Å². The molecule has 0 aliphatic heterocycles. The third-order valence-corrected chi connectivity index (χ3v) is 4.56. The van der Waals surface area contributed by atoms with Crippen LogP contribution in [-0.2, 0) is 12.8 Å². The highest BCUT2D eigenvalue weighted by Gasteiger charge is 2.38. The number of hydrogen-bond donors (Lipinski definition) is 0. The Morgan fingerprint density at radius 1 is 0.926 bits per heavy atom. The Kier molecular flexibility index (Phi) is 5.82. The Morgan fingerprint density at radius 3 is 2.07 bits per heavy atom. The summed E-state index contributed by atoms with van der Waals surface area (Å²) in [5.41, 5.74) is -0.406. The predicted octanol–water partition coefficient (Wildman–Crippen LogP) is 7.08. The van der Waals surface area contributed by atoms with Crippen LogP contribution in [0.4, 0.5) is 13.2 Å². The maximum atomic E-state index is 13.4. The first kappa shape index (κ1) is 20.1. The van der Waals surface area contributed by atoms with Crippen LogP contribution in [0.2, 0.25) is 20.1 Å². The summed E-state index contributed by atoms with van der Waals surface area (Å²) in [4.78, 5) is 0. The highest BCUT2D eigenvalue weighted by molar-refractivity contribution is 6.40. The topological polar surface area (TPSA) is 27.1 Å². The molecule has 10 heteroatoms. The molecule has 2 aromatic carbocycles. The highest BCUT2D eigenvalue weighted by Crippen LogP contribution is 2.41. The van der Waals surface area contributed by atoms with Crippen molar-refractivity contribution in [1.29, 1.82) is 0 Å². The molecule has 142 valence electrons. The minimum absolute atomic E-state index is 0.0284. The highest BCUT2D eigenvalue weighted by atomic mass is 35.5. The Labute approximate surface area is 172 Å². The first-order valence-corrected chi connectivity index (χ1v) is 8.85. The molecule has 0 N–H and O–H groups in total. The van der Waals surface area contributed by atoms with Crippen LogP contribution in [0.25, 0.3) is 5.69 Å². The van der Waals surface area contributed by atoms with Crippen molar-refractivity contribution in [3.05, 3.63) is 73.8 Å². The molecular weight excluding hydrogens is 447 g/mol. The fourth-order valence-electron chi connectivity index (χ4n) is 2.30. The number of halogens is 7. The first-order valence-electron chi connectivity index (χ1n) is 7.34. The second-order valence-electron chi connectivity index (χ2n) is 5.41. The molecule has 0 aliphatic rings. The van der Waals surface area contributed by atoms with Crippen LogP contribution in [0.5, 0.6) is 5.88 Å². The van der Waals surface area contributed by atoms with Gasteiger partial charge >= 0.3 is 6.18 Å². The minimum atomic E-state index is -4.68. The molecule has 0 amide bonds. The molecule has 1 heterocycles. The Morgan fingerprint density at radius 2 is 1.52 bits per heavy atom. The van der Waals surface area contributed by atoms with E-state index >= 15 is 0 Å². The molecule has 27 heavy (non-hydrogen) atoms. The van der Waals surface area contributed by atoms with E-state index in [1.165, 1.54) is 12.1 Å². The van der Waals surface area contributed by atoms with Crippen molar-refractivity contribution >= 4 is 46.4 Å². The summed E-state index contributed by atoms with van der Waals surface area (Å²) >= 11 is 23.9. The Balaban J connectivity index is 2.05. The summed E-state index contributed by atoms with van der Waals surface area (Å²) in [5, 5.41) is 4.56. The normalized spacial score (nSPS) is 11.7. The van der Waals surface area contributed by atoms with Gasteiger partial charge in [0.1, 0.15) is 17.9 Å². The fraction of sp³-hybridized carbons (Fsp3) is 0.118. The maximum absolute atomic E-state index is 13.4. The number of benzene rings is 2. The monoisotopic (exact) mass is 454 g/mol. The molecule has 0 spiro atoms. The van der Waals surface area contributed by atoms with Crippen LogP contribution >= 0.6 is 46.4 Å². The van der Waals surface area contributed by atoms with E-state index in [9.17, 15) is 13.2 Å². The van der Waals surface area contributed by atoms with E-state index in [0.29, 0.717) is 16.8 Å². The molecule has 0 aliphatic carbocycles. The molecule has 3 rings (SSSR count). The van der Waals surface area contributed by atoms with Gasteiger partial charge in [-0.2, -0.15) is 23.0 Å². The predicted molar refractivity (Wildman–Crippen MR) is 99.4 cm³/mol. The van der Waals surface area contributed by atoms with E-state index in [4.69, 9.17) is 51.1 Å². The van der Waals surface area contributed by atoms with Crippen LogP contribution in [0.15, 0.2) is 42.6 Å². The van der Waals surface area contributed by atoms with E-state index in [-0.39, 0.29) is 27.4 Å². The maximum Gasteiger partial charge on any atom is 0.423 e. The van der Waals surface area contributed by atoms with Crippen molar-refractivity contribution < 1.29 is 17.9 Å². The molecule has 3 nitrogen and oxygen atoms in total. The summed E-state index contributed by atoms with van der Waals surface area (Å²) < 4.78 is 46.5. The van der Waals surface area contributed by atoms with Gasteiger partial charge in [0.05, 0.1) is 16.2 Å². The van der Waals surface area contributed by atoms with E-state index in [1.54, 1.807) is 24.3 Å². The molecule has 0 atom stereocenters. The third kappa shape index (κ3) is 4.46. The van der Waals surface area contributed by atoms with Crippen molar-refractivity contribution in [1.82, 2.24) is 9.78 Å². The van der Waals surface area contributed by atoms with Crippen LogP contribution in [0.1, 0.15) is 11.1 Å². The van der Waals surface area contributed by atoms with E-state index in [1.807, 2.05) is 0 Å². The van der Waals surface area contributed by atoms with Crippen molar-refractivity contribution in [3.63, 3.8) is 0 Å². The van der Waals surface area contributed by atoms with E-state index in [2.05, 4.69) is 5.10 Å². The lowest BCUT2D eigenvalue weighted by Gasteiger charge is -2.15. The molecule has 0 unspecified atom stereocenters. The molecule has 0 fully saturated rings. The first-order chi connectivity index (χ1) is 12.7. The van der Waals surface area contributed by atoms with E-state index < -0.39 is 17.6 Å². The summed E-state index contributed by atoms with van der Waals surface area (Å²) in [6.07, 6.45) is -4.03. The van der Waals surface area contributed by atoms with Gasteiger partial charge in [-0.3, -0.25) is 0 Å². The smallest absolute Gasteiger partial charge is 0.423 e. The van der Waals surface area contributed by atoms with Crippen LogP contribution in [-0.4, -0.2) is 9.78 Å². The molecule has 3 aromatic rings. The van der Waals surface area contributed by atoms with Crippen molar-refractivity contribution in [2.75, 3.05) is 0 Å². The number of ether oxygens (including phenoxy) is 1. The third-order valence-electron chi connectivity index (χ3n) is 3.51. The number of hydrogen-bond acceptors (Lipinski definition) is 2. The second-order valence-corrected chi connectivity index (χ2v) is 7.09. The molecule has 0 radical (unpaired) electrons. The molecule has 1 aromatic heterocycles. The van der Waals surface area contributed by atoms with Gasteiger partial charge in [0.15, 0.2) is 0 Å². The van der Waals surface area contributed by atoms with Gasteiger partial charge in [-0.1, -0.05) is 58.5 Å². The lowest BCUT2D eigenvalue weighted by Crippen LogP contribution is -2.10. The standard InChI is InChI=1S/C17H9Cl4F3N2O/c18-10-3-1-9(2-4-10)8-27-16-12(17(22,23)24)7-25-26(16)15-13(20)5-11(19)6-14(15)21/h1-7H,8H2. The summed E-state index contributed by atoms with van der Waals surface area (Å²) in [6, 6.07) is 9.19. The summed E-state index contributed by atoms with van der Waals surface area (Å²) in [6.45, 7) is -0.144. The SMILES string of the molecule is FC(F)(F)c1cnn(-c2c(Cl)cc(Cl)cc2Cl)c1OCc1ccc(Cl)cc1. The lowest BCUT2D eigenvalue weighted by molar-refractivity contribution is -0.139. The van der Waals surface area contributed by atoms with E-state index in [0.717, 1.165) is 4.68 Å². The summed E-state index contributed by atoms with van der Waals surface area (Å²) in [7, 11) is 0. The zero-order chi connectivity index (χ0) is 19.8. The fourth-order valence-corrected chi connectivity index (χ4v) is 3.40. The molecule has 0 saturated carbocycles. The van der Waals surface area contributed by atoms with Crippen LogP contribution in [0, 0.1) is 0 Å². The van der Waals surface area contributed by atoms with Crippen molar-refractivity contribution in [3.8, 4) is 11.6 Å². The van der Waals surface area contributed by atoms with Gasteiger partial charge in [0.2, 0.25) is 5.88 Å². The van der Waals surface area contributed by atoms with Gasteiger partial charge in [0.25, 0.3) is 0 Å². The molecular formula is C17H9Cl4F3N2O.